The molecule has 4 heteroatoms. The van der Waals surface area contributed by atoms with Crippen molar-refractivity contribution >= 4 is 29.1 Å². The third-order valence-corrected chi connectivity index (χ3v) is 3.79. The van der Waals surface area contributed by atoms with Crippen LogP contribution in [0.3, 0.4) is 0 Å². The van der Waals surface area contributed by atoms with Crippen LogP contribution in [0.5, 0.6) is 0 Å². The van der Waals surface area contributed by atoms with Gasteiger partial charge in [-0.3, -0.25) is 4.79 Å². The van der Waals surface area contributed by atoms with E-state index in [9.17, 15) is 4.79 Å². The fourth-order valence-corrected chi connectivity index (χ4v) is 2.72. The van der Waals surface area contributed by atoms with Crippen LogP contribution in [-0.2, 0) is 11.2 Å². The van der Waals surface area contributed by atoms with E-state index in [2.05, 4.69) is 5.32 Å². The zero-order valence-electron chi connectivity index (χ0n) is 9.46. The van der Waals surface area contributed by atoms with Gasteiger partial charge in [-0.1, -0.05) is 23.7 Å². The number of halogens is 2. The minimum atomic E-state index is 0.0183. The number of carbonyl (C=O) groups excluding carboxylic acids is 1. The number of hydrogen-bond donors (Lipinski definition) is 1. The van der Waals surface area contributed by atoms with Crippen LogP contribution in [0.4, 0.5) is 0 Å². The zero-order valence-corrected chi connectivity index (χ0v) is 11.0. The summed E-state index contributed by atoms with van der Waals surface area (Å²) in [6.45, 7) is 0. The molecule has 2 nitrogen and oxygen atoms in total. The molecule has 0 bridgehead atoms. The smallest absolute Gasteiger partial charge is 0.224 e. The molecule has 0 saturated heterocycles. The Morgan fingerprint density at radius 3 is 2.88 bits per heavy atom. The van der Waals surface area contributed by atoms with E-state index in [1.807, 2.05) is 18.2 Å². The molecule has 0 heterocycles. The quantitative estimate of drug-likeness (QED) is 0.841. The predicted molar refractivity (Wildman–Crippen MR) is 70.6 cm³/mol. The Morgan fingerprint density at radius 1 is 1.41 bits per heavy atom. The first-order valence-corrected chi connectivity index (χ1v) is 6.64. The molecule has 2 unspecified atom stereocenters. The van der Waals surface area contributed by atoms with Crippen molar-refractivity contribution in [3.63, 3.8) is 0 Å². The Morgan fingerprint density at radius 2 is 2.24 bits per heavy atom. The first-order chi connectivity index (χ1) is 8.15. The van der Waals surface area contributed by atoms with Crippen LogP contribution in [0.25, 0.3) is 0 Å². The summed E-state index contributed by atoms with van der Waals surface area (Å²) in [6.07, 6.45) is 3.43. The number of carbonyl (C=O) groups is 1. The number of amides is 1. The molecule has 0 aliphatic heterocycles. The van der Waals surface area contributed by atoms with Crippen molar-refractivity contribution in [2.45, 2.75) is 37.1 Å². The van der Waals surface area contributed by atoms with Gasteiger partial charge < -0.3 is 5.32 Å². The molecule has 2 rings (SSSR count). The topological polar surface area (TPSA) is 29.1 Å². The molecule has 0 radical (unpaired) electrons. The van der Waals surface area contributed by atoms with E-state index in [-0.39, 0.29) is 17.3 Å². The zero-order chi connectivity index (χ0) is 12.3. The van der Waals surface area contributed by atoms with Gasteiger partial charge in [-0.2, -0.15) is 0 Å². The van der Waals surface area contributed by atoms with Crippen LogP contribution in [0.1, 0.15) is 24.8 Å². The summed E-state index contributed by atoms with van der Waals surface area (Å²) in [7, 11) is 0. The lowest BCUT2D eigenvalue weighted by atomic mass is 10.1. The summed E-state index contributed by atoms with van der Waals surface area (Å²) >= 11 is 12.0. The second kappa shape index (κ2) is 5.74. The van der Waals surface area contributed by atoms with Gasteiger partial charge >= 0.3 is 0 Å². The molecule has 2 atom stereocenters. The summed E-state index contributed by atoms with van der Waals surface area (Å²) in [5.74, 6) is 0.0183. The lowest BCUT2D eigenvalue weighted by molar-refractivity contribution is -0.121. The van der Waals surface area contributed by atoms with Crippen LogP contribution in [0.2, 0.25) is 5.02 Å². The van der Waals surface area contributed by atoms with Crippen molar-refractivity contribution < 1.29 is 4.79 Å². The summed E-state index contributed by atoms with van der Waals surface area (Å²) in [5, 5.41) is 3.72. The molecular weight excluding hydrogens is 257 g/mol. The van der Waals surface area contributed by atoms with Crippen molar-refractivity contribution in [2.75, 3.05) is 0 Å². The second-order valence-corrected chi connectivity index (χ2v) is 5.42. The molecule has 1 aliphatic rings. The summed E-state index contributed by atoms with van der Waals surface area (Å²) in [5.41, 5.74) is 0.930. The van der Waals surface area contributed by atoms with Crippen LogP contribution >= 0.6 is 23.2 Å². The molecule has 1 aromatic carbocycles. The van der Waals surface area contributed by atoms with Gasteiger partial charge in [0.1, 0.15) is 0 Å². The van der Waals surface area contributed by atoms with Crippen LogP contribution in [0, 0.1) is 0 Å². The Balaban J connectivity index is 1.89. The van der Waals surface area contributed by atoms with E-state index in [0.29, 0.717) is 11.4 Å². The van der Waals surface area contributed by atoms with E-state index in [1.165, 1.54) is 0 Å². The molecule has 1 amide bonds. The first-order valence-electron chi connectivity index (χ1n) is 5.83. The van der Waals surface area contributed by atoms with Crippen molar-refractivity contribution in [3.8, 4) is 0 Å². The van der Waals surface area contributed by atoms with Gasteiger partial charge in [-0.15, -0.1) is 11.6 Å². The van der Waals surface area contributed by atoms with E-state index in [1.54, 1.807) is 6.07 Å². The van der Waals surface area contributed by atoms with E-state index in [4.69, 9.17) is 23.2 Å². The third-order valence-electron chi connectivity index (χ3n) is 3.03. The van der Waals surface area contributed by atoms with Crippen LogP contribution < -0.4 is 5.32 Å². The summed E-state index contributed by atoms with van der Waals surface area (Å²) in [4.78, 5) is 11.8. The minimum Gasteiger partial charge on any atom is -0.352 e. The molecular formula is C13H15Cl2NO. The molecule has 17 heavy (non-hydrogen) atoms. The number of hydrogen-bond acceptors (Lipinski definition) is 1. The van der Waals surface area contributed by atoms with Gasteiger partial charge in [0.15, 0.2) is 0 Å². The Labute approximate surface area is 111 Å². The molecule has 92 valence electrons. The maximum absolute atomic E-state index is 11.8. The molecule has 1 saturated carbocycles. The highest BCUT2D eigenvalue weighted by molar-refractivity contribution is 6.30. The van der Waals surface area contributed by atoms with Crippen LogP contribution in [0.15, 0.2) is 24.3 Å². The SMILES string of the molecule is O=C(Cc1cccc(Cl)c1)NC1CCCC1Cl. The van der Waals surface area contributed by atoms with E-state index < -0.39 is 0 Å². The van der Waals surface area contributed by atoms with Crippen molar-refractivity contribution in [1.82, 2.24) is 5.32 Å². The number of rotatable bonds is 3. The normalized spacial score (nSPS) is 23.6. The van der Waals surface area contributed by atoms with E-state index >= 15 is 0 Å². The van der Waals surface area contributed by atoms with Crippen molar-refractivity contribution in [3.05, 3.63) is 34.9 Å². The highest BCUT2D eigenvalue weighted by atomic mass is 35.5. The Hall–Kier alpha value is -0.730. The highest BCUT2D eigenvalue weighted by Gasteiger charge is 2.26. The lowest BCUT2D eigenvalue weighted by Gasteiger charge is -2.15. The maximum atomic E-state index is 11.8. The number of alkyl halides is 1. The standard InChI is InChI=1S/C13H15Cl2NO/c14-10-4-1-3-9(7-10)8-13(17)16-12-6-2-5-11(12)15/h1,3-4,7,11-12H,2,5-6,8H2,(H,16,17). The third kappa shape index (κ3) is 3.62. The molecule has 0 spiro atoms. The molecule has 1 aromatic rings. The van der Waals surface area contributed by atoms with Gasteiger partial charge in [0.05, 0.1) is 11.8 Å². The lowest BCUT2D eigenvalue weighted by Crippen LogP contribution is -2.38. The fraction of sp³-hybridized carbons (Fsp3) is 0.462. The number of nitrogens with one attached hydrogen (secondary N) is 1. The second-order valence-electron chi connectivity index (χ2n) is 4.43. The molecule has 1 aliphatic carbocycles. The monoisotopic (exact) mass is 271 g/mol. The Bertz CT molecular complexity index is 408. The molecule has 1 fully saturated rings. The first kappa shape index (κ1) is 12.7. The van der Waals surface area contributed by atoms with Gasteiger partial charge in [-0.25, -0.2) is 0 Å². The van der Waals surface area contributed by atoms with Crippen LogP contribution in [-0.4, -0.2) is 17.3 Å². The number of benzene rings is 1. The van der Waals surface area contributed by atoms with Gasteiger partial charge in [-0.05, 0) is 37.0 Å². The molecule has 1 N–H and O–H groups in total. The maximum Gasteiger partial charge on any atom is 0.224 e. The molecule has 0 aromatic heterocycles. The van der Waals surface area contributed by atoms with Gasteiger partial charge in [0.25, 0.3) is 0 Å². The average Bonchev–Trinajstić information content (AvgIpc) is 2.64. The largest absolute Gasteiger partial charge is 0.352 e. The fourth-order valence-electron chi connectivity index (χ4n) is 2.17. The summed E-state index contributed by atoms with van der Waals surface area (Å²) in [6, 6.07) is 7.50. The van der Waals surface area contributed by atoms with E-state index in [0.717, 1.165) is 24.8 Å². The average molecular weight is 272 g/mol. The Kier molecular flexibility index (Phi) is 4.30. The highest BCUT2D eigenvalue weighted by Crippen LogP contribution is 2.24. The van der Waals surface area contributed by atoms with Crippen molar-refractivity contribution in [2.24, 2.45) is 0 Å². The predicted octanol–water partition coefficient (Wildman–Crippen LogP) is 3.16. The van der Waals surface area contributed by atoms with Gasteiger partial charge in [0.2, 0.25) is 5.91 Å². The minimum absolute atomic E-state index is 0.0183. The van der Waals surface area contributed by atoms with Crippen molar-refractivity contribution in [1.29, 1.82) is 0 Å². The van der Waals surface area contributed by atoms with Gasteiger partial charge in [0, 0.05) is 11.1 Å². The summed E-state index contributed by atoms with van der Waals surface area (Å²) < 4.78 is 0.